The maximum Gasteiger partial charge on any atom is 0.348 e. The SMILES string of the molecule is COc1ccc(C(=O)Oc2ccc(-c3ccc4c(c3COC(=O)c3ccc(C)s3)C(C)=CC(C)(C)N4)c(OC)c2)cc1. The van der Waals surface area contributed by atoms with Gasteiger partial charge in [0.1, 0.15) is 28.7 Å². The van der Waals surface area contributed by atoms with Crippen LogP contribution < -0.4 is 19.5 Å². The number of hydrogen-bond acceptors (Lipinski definition) is 8. The molecule has 0 spiro atoms. The monoisotopic (exact) mass is 583 g/mol. The zero-order valence-electron chi connectivity index (χ0n) is 24.5. The molecule has 0 bridgehead atoms. The van der Waals surface area contributed by atoms with Crippen molar-refractivity contribution >= 4 is 34.5 Å². The molecule has 0 saturated heterocycles. The highest BCUT2D eigenvalue weighted by molar-refractivity contribution is 7.13. The fraction of sp³-hybridized carbons (Fsp3) is 0.235. The maximum atomic E-state index is 12.9. The van der Waals surface area contributed by atoms with Crippen LogP contribution in [0.4, 0.5) is 5.69 Å². The van der Waals surface area contributed by atoms with Crippen LogP contribution in [0.15, 0.2) is 72.8 Å². The minimum atomic E-state index is -0.493. The third kappa shape index (κ3) is 6.04. The van der Waals surface area contributed by atoms with Crippen LogP contribution in [-0.4, -0.2) is 31.7 Å². The third-order valence-electron chi connectivity index (χ3n) is 7.03. The van der Waals surface area contributed by atoms with E-state index in [2.05, 4.69) is 32.2 Å². The van der Waals surface area contributed by atoms with Crippen molar-refractivity contribution in [3.05, 3.63) is 99.3 Å². The van der Waals surface area contributed by atoms with Gasteiger partial charge in [0.15, 0.2) is 0 Å². The maximum absolute atomic E-state index is 12.9. The van der Waals surface area contributed by atoms with Crippen LogP contribution in [0.5, 0.6) is 17.2 Å². The molecule has 0 saturated carbocycles. The molecule has 3 aromatic carbocycles. The summed E-state index contributed by atoms with van der Waals surface area (Å²) < 4.78 is 22.5. The van der Waals surface area contributed by atoms with E-state index < -0.39 is 5.97 Å². The first-order valence-electron chi connectivity index (χ1n) is 13.5. The lowest BCUT2D eigenvalue weighted by atomic mass is 9.85. The summed E-state index contributed by atoms with van der Waals surface area (Å²) in [5, 5.41) is 3.58. The fourth-order valence-corrected chi connectivity index (χ4v) is 5.97. The Morgan fingerprint density at radius 3 is 2.21 bits per heavy atom. The number of thiophene rings is 1. The first kappa shape index (κ1) is 29.0. The van der Waals surface area contributed by atoms with Crippen LogP contribution in [-0.2, 0) is 11.3 Å². The van der Waals surface area contributed by atoms with Gasteiger partial charge < -0.3 is 24.3 Å². The highest BCUT2D eigenvalue weighted by Crippen LogP contribution is 2.43. The molecule has 2 heterocycles. The Morgan fingerprint density at radius 2 is 1.55 bits per heavy atom. The fourth-order valence-electron chi connectivity index (χ4n) is 5.20. The van der Waals surface area contributed by atoms with Crippen molar-refractivity contribution < 1.29 is 28.5 Å². The van der Waals surface area contributed by atoms with Crippen LogP contribution in [0.25, 0.3) is 16.7 Å². The Morgan fingerprint density at radius 1 is 0.833 bits per heavy atom. The number of ether oxygens (including phenoxy) is 4. The van der Waals surface area contributed by atoms with Crippen molar-refractivity contribution in [1.82, 2.24) is 0 Å². The van der Waals surface area contributed by atoms with Crippen molar-refractivity contribution in [3.8, 4) is 28.4 Å². The summed E-state index contributed by atoms with van der Waals surface area (Å²) in [6.07, 6.45) is 2.17. The number of carbonyl (C=O) groups is 2. The zero-order chi connectivity index (χ0) is 30.0. The molecule has 5 rings (SSSR count). The van der Waals surface area contributed by atoms with E-state index in [0.29, 0.717) is 27.7 Å². The molecule has 216 valence electrons. The number of methoxy groups -OCH3 is 2. The smallest absolute Gasteiger partial charge is 0.348 e. The van der Waals surface area contributed by atoms with Gasteiger partial charge in [-0.15, -0.1) is 11.3 Å². The van der Waals surface area contributed by atoms with Crippen molar-refractivity contribution in [1.29, 1.82) is 0 Å². The predicted molar refractivity (Wildman–Crippen MR) is 166 cm³/mol. The molecule has 7 nitrogen and oxygen atoms in total. The summed E-state index contributed by atoms with van der Waals surface area (Å²) >= 11 is 1.41. The van der Waals surface area contributed by atoms with Crippen LogP contribution in [0.3, 0.4) is 0 Å². The molecule has 1 aliphatic heterocycles. The molecule has 0 fully saturated rings. The van der Waals surface area contributed by atoms with E-state index in [1.165, 1.54) is 11.3 Å². The Bertz CT molecular complexity index is 1680. The number of esters is 2. The standard InChI is InChI=1S/C34H33NO6S/c1-20-18-34(3,4)35-28-15-14-25(27(31(20)28)19-40-33(37)30-16-7-21(2)42-30)26-13-12-24(17-29(26)39-6)41-32(36)22-8-10-23(38-5)11-9-22/h7-18,35H,19H2,1-6H3. The van der Waals surface area contributed by atoms with Crippen LogP contribution in [0, 0.1) is 6.92 Å². The van der Waals surface area contributed by atoms with Gasteiger partial charge in [0.25, 0.3) is 0 Å². The molecule has 1 N–H and O–H groups in total. The lowest BCUT2D eigenvalue weighted by molar-refractivity contribution is 0.0478. The number of benzene rings is 3. The average Bonchev–Trinajstić information content (AvgIpc) is 3.41. The minimum absolute atomic E-state index is 0.0684. The van der Waals surface area contributed by atoms with Gasteiger partial charge in [-0.25, -0.2) is 9.59 Å². The number of anilines is 1. The van der Waals surface area contributed by atoms with E-state index in [-0.39, 0.29) is 18.1 Å². The van der Waals surface area contributed by atoms with Crippen molar-refractivity contribution in [3.63, 3.8) is 0 Å². The van der Waals surface area contributed by atoms with E-state index in [0.717, 1.165) is 38.4 Å². The zero-order valence-corrected chi connectivity index (χ0v) is 25.3. The molecule has 1 aliphatic rings. The minimum Gasteiger partial charge on any atom is -0.497 e. The Labute approximate surface area is 249 Å². The summed E-state index contributed by atoms with van der Waals surface area (Å²) in [5.41, 5.74) is 5.68. The van der Waals surface area contributed by atoms with Gasteiger partial charge in [0, 0.05) is 33.3 Å². The first-order valence-corrected chi connectivity index (χ1v) is 14.3. The van der Waals surface area contributed by atoms with Gasteiger partial charge in [-0.1, -0.05) is 12.1 Å². The number of hydrogen-bond donors (Lipinski definition) is 1. The Kier molecular flexibility index (Phi) is 8.09. The van der Waals surface area contributed by atoms with E-state index in [9.17, 15) is 9.59 Å². The molecule has 0 aliphatic carbocycles. The van der Waals surface area contributed by atoms with E-state index >= 15 is 0 Å². The van der Waals surface area contributed by atoms with Gasteiger partial charge in [-0.2, -0.15) is 0 Å². The second kappa shape index (κ2) is 11.7. The highest BCUT2D eigenvalue weighted by Gasteiger charge is 2.27. The molecular formula is C34H33NO6S. The summed E-state index contributed by atoms with van der Waals surface area (Å²) in [4.78, 5) is 27.3. The largest absolute Gasteiger partial charge is 0.497 e. The lowest BCUT2D eigenvalue weighted by Gasteiger charge is -2.33. The lowest BCUT2D eigenvalue weighted by Crippen LogP contribution is -2.32. The summed E-state index contributed by atoms with van der Waals surface area (Å²) in [6, 6.07) is 19.7. The molecular weight excluding hydrogens is 550 g/mol. The number of nitrogens with one attached hydrogen (secondary N) is 1. The van der Waals surface area contributed by atoms with Gasteiger partial charge >= 0.3 is 11.9 Å². The van der Waals surface area contributed by atoms with Gasteiger partial charge in [0.05, 0.1) is 25.3 Å². The molecule has 0 atom stereocenters. The molecule has 0 radical (unpaired) electrons. The quantitative estimate of drug-likeness (QED) is 0.167. The number of aryl methyl sites for hydroxylation is 1. The van der Waals surface area contributed by atoms with E-state index in [4.69, 9.17) is 18.9 Å². The predicted octanol–water partition coefficient (Wildman–Crippen LogP) is 7.92. The summed E-state index contributed by atoms with van der Waals surface area (Å²) in [6.45, 7) is 8.32. The van der Waals surface area contributed by atoms with Crippen LogP contribution in [0.2, 0.25) is 0 Å². The molecule has 8 heteroatoms. The number of carbonyl (C=O) groups excluding carboxylic acids is 2. The first-order chi connectivity index (χ1) is 20.1. The highest BCUT2D eigenvalue weighted by atomic mass is 32.1. The van der Waals surface area contributed by atoms with Crippen LogP contribution in [0.1, 0.15) is 56.8 Å². The second-order valence-corrected chi connectivity index (χ2v) is 11.9. The Balaban J connectivity index is 1.51. The molecule has 42 heavy (non-hydrogen) atoms. The van der Waals surface area contributed by atoms with Crippen molar-refractivity contribution in [2.75, 3.05) is 19.5 Å². The molecule has 1 aromatic heterocycles. The van der Waals surface area contributed by atoms with Crippen molar-refractivity contribution in [2.24, 2.45) is 0 Å². The summed E-state index contributed by atoms with van der Waals surface area (Å²) in [7, 11) is 3.14. The normalized spacial score (nSPS) is 13.3. The molecule has 4 aromatic rings. The Hall–Kier alpha value is -4.56. The van der Waals surface area contributed by atoms with Crippen molar-refractivity contribution in [2.45, 2.75) is 39.8 Å². The van der Waals surface area contributed by atoms with E-state index in [1.54, 1.807) is 56.7 Å². The second-order valence-electron chi connectivity index (χ2n) is 10.7. The third-order valence-corrected chi connectivity index (χ3v) is 8.01. The van der Waals surface area contributed by atoms with E-state index in [1.807, 2.05) is 31.2 Å². The van der Waals surface area contributed by atoms with Gasteiger partial charge in [0.2, 0.25) is 0 Å². The average molecular weight is 584 g/mol. The molecule has 0 amide bonds. The topological polar surface area (TPSA) is 83.1 Å². The number of fused-ring (bicyclic) bond motifs is 1. The van der Waals surface area contributed by atoms with Gasteiger partial charge in [-0.05, 0) is 93.4 Å². The number of allylic oxidation sites excluding steroid dienone is 1. The van der Waals surface area contributed by atoms with Crippen LogP contribution >= 0.6 is 11.3 Å². The summed E-state index contributed by atoms with van der Waals surface area (Å²) in [5.74, 6) is 0.651. The molecule has 0 unspecified atom stereocenters. The number of rotatable bonds is 8. The van der Waals surface area contributed by atoms with Gasteiger partial charge in [-0.3, -0.25) is 0 Å².